The number of carbonyl (C=O) groups is 3. The second kappa shape index (κ2) is 7.51. The van der Waals surface area contributed by atoms with Crippen LogP contribution in [0.3, 0.4) is 0 Å². The minimum atomic E-state index is -0.754. The first-order valence-electron chi connectivity index (χ1n) is 8.14. The van der Waals surface area contributed by atoms with Gasteiger partial charge in [-0.05, 0) is 83.5 Å². The normalized spacial score (nSPS) is 15.9. The van der Waals surface area contributed by atoms with Crippen LogP contribution >= 0.6 is 22.6 Å². The van der Waals surface area contributed by atoms with E-state index >= 15 is 0 Å². The minimum Gasteiger partial charge on any atom is -0.497 e. The molecule has 6 nitrogen and oxygen atoms in total. The summed E-state index contributed by atoms with van der Waals surface area (Å²) >= 11 is 2.12. The molecule has 27 heavy (non-hydrogen) atoms. The third-order valence-electron chi connectivity index (χ3n) is 4.36. The average Bonchev–Trinajstić information content (AvgIpc) is 2.61. The Labute approximate surface area is 170 Å². The molecule has 138 valence electrons. The Hall–Kier alpha value is -2.68. The largest absolute Gasteiger partial charge is 0.497 e. The third kappa shape index (κ3) is 3.73. The number of hydrogen-bond acceptors (Lipinski definition) is 4. The van der Waals surface area contributed by atoms with E-state index in [1.165, 1.54) is 6.08 Å². The topological polar surface area (TPSA) is 75.7 Å². The van der Waals surface area contributed by atoms with Crippen LogP contribution < -0.4 is 15.0 Å². The first-order valence-corrected chi connectivity index (χ1v) is 9.22. The number of halogens is 1. The molecule has 0 bridgehead atoms. The molecule has 3 rings (SSSR count). The lowest BCUT2D eigenvalue weighted by molar-refractivity contribution is -0.122. The maximum Gasteiger partial charge on any atom is 0.335 e. The number of methoxy groups -OCH3 is 1. The molecule has 0 aromatic heterocycles. The summed E-state index contributed by atoms with van der Waals surface area (Å²) in [5.74, 6) is -0.764. The van der Waals surface area contributed by atoms with Crippen molar-refractivity contribution in [2.45, 2.75) is 13.8 Å². The van der Waals surface area contributed by atoms with Crippen molar-refractivity contribution in [2.24, 2.45) is 0 Å². The maximum atomic E-state index is 13.0. The number of nitrogens with one attached hydrogen (secondary N) is 1. The summed E-state index contributed by atoms with van der Waals surface area (Å²) in [6, 6.07) is 9.95. The molecule has 0 unspecified atom stereocenters. The summed E-state index contributed by atoms with van der Waals surface area (Å²) in [5, 5.41) is 2.24. The first kappa shape index (κ1) is 19.1. The quantitative estimate of drug-likeness (QED) is 0.418. The molecule has 7 heteroatoms. The van der Waals surface area contributed by atoms with Gasteiger partial charge in [0, 0.05) is 3.57 Å². The molecule has 1 fully saturated rings. The van der Waals surface area contributed by atoms with E-state index in [4.69, 9.17) is 4.74 Å². The number of barbiturate groups is 1. The summed E-state index contributed by atoms with van der Waals surface area (Å²) in [5.41, 5.74) is 2.71. The summed E-state index contributed by atoms with van der Waals surface area (Å²) < 4.78 is 6.12. The number of urea groups is 1. The van der Waals surface area contributed by atoms with Gasteiger partial charge in [0.1, 0.15) is 11.3 Å². The van der Waals surface area contributed by atoms with Crippen LogP contribution in [0.15, 0.2) is 42.0 Å². The van der Waals surface area contributed by atoms with E-state index in [1.807, 2.05) is 32.0 Å². The first-order chi connectivity index (χ1) is 12.8. The molecule has 1 heterocycles. The zero-order chi connectivity index (χ0) is 19.7. The van der Waals surface area contributed by atoms with Gasteiger partial charge in [0.15, 0.2) is 0 Å². The van der Waals surface area contributed by atoms with Crippen molar-refractivity contribution in [3.63, 3.8) is 0 Å². The number of aryl methyl sites for hydroxylation is 1. The molecule has 0 saturated carbocycles. The molecule has 1 N–H and O–H groups in total. The third-order valence-corrected chi connectivity index (χ3v) is 4.98. The zero-order valence-electron chi connectivity index (χ0n) is 15.0. The Morgan fingerprint density at radius 3 is 2.56 bits per heavy atom. The highest BCUT2D eigenvalue weighted by Gasteiger charge is 2.37. The van der Waals surface area contributed by atoms with Crippen LogP contribution in [0.25, 0.3) is 6.08 Å². The van der Waals surface area contributed by atoms with E-state index in [-0.39, 0.29) is 5.57 Å². The standard InChI is InChI=1S/C20H17IN2O4/c1-11-5-4-6-17(12(11)2)23-19(25)16(18(24)22-20(23)26)9-13-7-14(21)10-15(8-13)27-3/h4-10H,1-3H3,(H,22,24,26)/b16-9+. The van der Waals surface area contributed by atoms with E-state index in [0.29, 0.717) is 17.0 Å². The van der Waals surface area contributed by atoms with E-state index < -0.39 is 17.8 Å². The van der Waals surface area contributed by atoms with Gasteiger partial charge in [-0.2, -0.15) is 0 Å². The second-order valence-electron chi connectivity index (χ2n) is 6.10. The van der Waals surface area contributed by atoms with E-state index in [2.05, 4.69) is 27.9 Å². The molecular weight excluding hydrogens is 459 g/mol. The van der Waals surface area contributed by atoms with Crippen LogP contribution in [0, 0.1) is 17.4 Å². The van der Waals surface area contributed by atoms with Crippen LogP contribution in [-0.2, 0) is 9.59 Å². The van der Waals surface area contributed by atoms with Crippen molar-refractivity contribution in [3.05, 3.63) is 62.2 Å². The minimum absolute atomic E-state index is 0.112. The number of anilines is 1. The number of benzene rings is 2. The SMILES string of the molecule is COc1cc(I)cc(/C=C2\C(=O)NC(=O)N(c3cccc(C)c3C)C2=O)c1. The highest BCUT2D eigenvalue weighted by atomic mass is 127. The van der Waals surface area contributed by atoms with Gasteiger partial charge >= 0.3 is 6.03 Å². The van der Waals surface area contributed by atoms with Crippen LogP contribution in [-0.4, -0.2) is 25.0 Å². The predicted octanol–water partition coefficient (Wildman–Crippen LogP) is 3.58. The van der Waals surface area contributed by atoms with Gasteiger partial charge in [-0.1, -0.05) is 12.1 Å². The molecule has 1 aliphatic rings. The fraction of sp³-hybridized carbons (Fsp3) is 0.150. The predicted molar refractivity (Wildman–Crippen MR) is 111 cm³/mol. The van der Waals surface area contributed by atoms with Crippen molar-refractivity contribution in [2.75, 3.05) is 12.0 Å². The number of amides is 4. The van der Waals surface area contributed by atoms with Crippen molar-refractivity contribution in [3.8, 4) is 5.75 Å². The smallest absolute Gasteiger partial charge is 0.335 e. The zero-order valence-corrected chi connectivity index (χ0v) is 17.2. The molecule has 4 amide bonds. The Bertz CT molecular complexity index is 997. The average molecular weight is 476 g/mol. The van der Waals surface area contributed by atoms with Gasteiger partial charge in [-0.25, -0.2) is 9.69 Å². The number of ether oxygens (including phenoxy) is 1. The second-order valence-corrected chi connectivity index (χ2v) is 7.35. The van der Waals surface area contributed by atoms with Gasteiger partial charge in [-0.15, -0.1) is 0 Å². The Morgan fingerprint density at radius 2 is 1.85 bits per heavy atom. The van der Waals surface area contributed by atoms with Crippen LogP contribution in [0.5, 0.6) is 5.75 Å². The van der Waals surface area contributed by atoms with Crippen molar-refractivity contribution < 1.29 is 19.1 Å². The van der Waals surface area contributed by atoms with Crippen molar-refractivity contribution in [1.82, 2.24) is 5.32 Å². The van der Waals surface area contributed by atoms with Gasteiger partial charge in [0.05, 0.1) is 12.8 Å². The van der Waals surface area contributed by atoms with Crippen LogP contribution in [0.4, 0.5) is 10.5 Å². The lowest BCUT2D eigenvalue weighted by Gasteiger charge is -2.28. The van der Waals surface area contributed by atoms with Crippen molar-refractivity contribution >= 4 is 52.2 Å². The highest BCUT2D eigenvalue weighted by molar-refractivity contribution is 14.1. The molecule has 2 aromatic carbocycles. The molecule has 2 aromatic rings. The van der Waals surface area contributed by atoms with Gasteiger partial charge in [0.2, 0.25) is 0 Å². The van der Waals surface area contributed by atoms with E-state index in [0.717, 1.165) is 19.6 Å². The highest BCUT2D eigenvalue weighted by Crippen LogP contribution is 2.27. The van der Waals surface area contributed by atoms with Crippen LogP contribution in [0.1, 0.15) is 16.7 Å². The van der Waals surface area contributed by atoms with E-state index in [1.54, 1.807) is 25.3 Å². The summed E-state index contributed by atoms with van der Waals surface area (Å²) in [4.78, 5) is 38.7. The van der Waals surface area contributed by atoms with Gasteiger partial charge < -0.3 is 4.74 Å². The summed E-state index contributed by atoms with van der Waals surface area (Å²) in [6.07, 6.45) is 1.47. The molecular formula is C20H17IN2O4. The number of nitrogens with zero attached hydrogens (tertiary/aromatic N) is 1. The van der Waals surface area contributed by atoms with E-state index in [9.17, 15) is 14.4 Å². The maximum absolute atomic E-state index is 13.0. The number of hydrogen-bond donors (Lipinski definition) is 1. The number of carbonyl (C=O) groups excluding carboxylic acids is 3. The molecule has 0 spiro atoms. The number of rotatable bonds is 3. The summed E-state index contributed by atoms with van der Waals surface area (Å²) in [6.45, 7) is 3.72. The molecule has 1 aliphatic heterocycles. The lowest BCUT2D eigenvalue weighted by atomic mass is 10.0. The Kier molecular flexibility index (Phi) is 5.31. The molecule has 1 saturated heterocycles. The monoisotopic (exact) mass is 476 g/mol. The summed E-state index contributed by atoms with van der Waals surface area (Å²) in [7, 11) is 1.54. The lowest BCUT2D eigenvalue weighted by Crippen LogP contribution is -2.54. The van der Waals surface area contributed by atoms with Crippen LogP contribution in [0.2, 0.25) is 0 Å². The van der Waals surface area contributed by atoms with Crippen molar-refractivity contribution in [1.29, 1.82) is 0 Å². The Balaban J connectivity index is 2.08. The number of imide groups is 2. The fourth-order valence-corrected chi connectivity index (χ4v) is 3.47. The molecule has 0 radical (unpaired) electrons. The molecule has 0 atom stereocenters. The molecule has 0 aliphatic carbocycles. The van der Waals surface area contributed by atoms with Gasteiger partial charge in [0.25, 0.3) is 11.8 Å². The Morgan fingerprint density at radius 1 is 1.11 bits per heavy atom. The fourth-order valence-electron chi connectivity index (χ4n) is 2.81. The van der Waals surface area contributed by atoms with Gasteiger partial charge in [-0.3, -0.25) is 14.9 Å².